The van der Waals surface area contributed by atoms with Crippen molar-refractivity contribution in [1.82, 2.24) is 10.3 Å². The highest BCUT2D eigenvalue weighted by atomic mass is 16.5. The minimum atomic E-state index is 0.292. The highest BCUT2D eigenvalue weighted by Crippen LogP contribution is 2.19. The topological polar surface area (TPSA) is 37.4 Å². The van der Waals surface area contributed by atoms with Crippen LogP contribution in [0.1, 0.15) is 30.4 Å². The second kappa shape index (κ2) is 9.10. The van der Waals surface area contributed by atoms with E-state index in [-0.39, 0.29) is 0 Å². The van der Waals surface area contributed by atoms with Crippen LogP contribution in [0, 0.1) is 12.3 Å². The Kier molecular flexibility index (Phi) is 6.30. The van der Waals surface area contributed by atoms with E-state index in [1.54, 1.807) is 0 Å². The first kappa shape index (κ1) is 17.3. The van der Waals surface area contributed by atoms with Crippen molar-refractivity contribution in [2.24, 2.45) is 0 Å². The van der Waals surface area contributed by atoms with Crippen LogP contribution in [0.5, 0.6) is 5.75 Å². The minimum absolute atomic E-state index is 0.292. The molecule has 1 aliphatic rings. The molecule has 0 amide bonds. The molecule has 1 aromatic carbocycles. The second-order valence-electron chi connectivity index (χ2n) is 6.27. The zero-order chi connectivity index (χ0) is 17.3. The molecule has 1 saturated heterocycles. The summed E-state index contributed by atoms with van der Waals surface area (Å²) in [6.45, 7) is 4.06. The van der Waals surface area contributed by atoms with Crippen molar-refractivity contribution in [3.05, 3.63) is 53.7 Å². The van der Waals surface area contributed by atoms with Crippen LogP contribution in [0.2, 0.25) is 0 Å². The maximum Gasteiger partial charge on any atom is 0.148 e. The molecular weight excluding hydrogens is 310 g/mol. The van der Waals surface area contributed by atoms with Gasteiger partial charge in [-0.1, -0.05) is 24.1 Å². The summed E-state index contributed by atoms with van der Waals surface area (Å²) in [5.41, 5.74) is 2.36. The van der Waals surface area contributed by atoms with E-state index in [1.807, 2.05) is 24.4 Å². The molecule has 130 valence electrons. The quantitative estimate of drug-likeness (QED) is 0.787. The molecule has 2 heterocycles. The monoisotopic (exact) mass is 335 g/mol. The summed E-state index contributed by atoms with van der Waals surface area (Å²) in [5.74, 6) is 4.45. The average molecular weight is 335 g/mol. The fourth-order valence-corrected chi connectivity index (χ4v) is 3.12. The molecule has 4 heteroatoms. The zero-order valence-corrected chi connectivity index (χ0v) is 14.6. The van der Waals surface area contributed by atoms with Gasteiger partial charge in [0.2, 0.25) is 0 Å². The van der Waals surface area contributed by atoms with E-state index in [0.29, 0.717) is 6.61 Å². The van der Waals surface area contributed by atoms with Gasteiger partial charge >= 0.3 is 0 Å². The molecule has 3 rings (SSSR count). The number of nitrogens with zero attached hydrogens (tertiary/aromatic N) is 2. The van der Waals surface area contributed by atoms with Gasteiger partial charge in [0.15, 0.2) is 0 Å². The van der Waals surface area contributed by atoms with Gasteiger partial charge in [0, 0.05) is 37.9 Å². The number of hydrogen-bond acceptors (Lipinski definition) is 4. The standard InChI is InChI=1S/C21H25N3O/c1-2-14-25-20-9-5-4-8-19(20)17-22-16-18-10-11-23-21(15-18)24-12-6-3-7-13-24/h1,4-5,8-11,15,22H,3,6-7,12-14,16-17H2. The van der Waals surface area contributed by atoms with E-state index in [2.05, 4.69) is 39.3 Å². The predicted molar refractivity (Wildman–Crippen MR) is 102 cm³/mol. The van der Waals surface area contributed by atoms with Crippen molar-refractivity contribution in [3.8, 4) is 18.1 Å². The Labute approximate surface area is 150 Å². The summed E-state index contributed by atoms with van der Waals surface area (Å²) in [5, 5.41) is 3.49. The smallest absolute Gasteiger partial charge is 0.148 e. The van der Waals surface area contributed by atoms with Gasteiger partial charge in [0.1, 0.15) is 18.2 Å². The predicted octanol–water partition coefficient (Wildman–Crippen LogP) is 3.37. The van der Waals surface area contributed by atoms with Crippen LogP contribution in [-0.2, 0) is 13.1 Å². The number of ether oxygens (including phenoxy) is 1. The fourth-order valence-electron chi connectivity index (χ4n) is 3.12. The van der Waals surface area contributed by atoms with Gasteiger partial charge in [0.25, 0.3) is 0 Å². The van der Waals surface area contributed by atoms with Gasteiger partial charge in [-0.2, -0.15) is 0 Å². The molecule has 1 fully saturated rings. The second-order valence-corrected chi connectivity index (χ2v) is 6.27. The molecule has 0 saturated carbocycles. The minimum Gasteiger partial charge on any atom is -0.481 e. The summed E-state index contributed by atoms with van der Waals surface area (Å²) < 4.78 is 5.59. The summed E-state index contributed by atoms with van der Waals surface area (Å²) in [6.07, 6.45) is 11.0. The number of rotatable bonds is 7. The van der Waals surface area contributed by atoms with Crippen molar-refractivity contribution >= 4 is 5.82 Å². The molecule has 0 bridgehead atoms. The van der Waals surface area contributed by atoms with Crippen molar-refractivity contribution in [2.45, 2.75) is 32.4 Å². The van der Waals surface area contributed by atoms with Crippen LogP contribution < -0.4 is 15.0 Å². The van der Waals surface area contributed by atoms with Crippen molar-refractivity contribution in [3.63, 3.8) is 0 Å². The Bertz CT molecular complexity index is 717. The Balaban J connectivity index is 1.56. The van der Waals surface area contributed by atoms with Gasteiger partial charge < -0.3 is 15.0 Å². The lowest BCUT2D eigenvalue weighted by Crippen LogP contribution is -2.30. The Morgan fingerprint density at radius 2 is 1.96 bits per heavy atom. The van der Waals surface area contributed by atoms with Crippen molar-refractivity contribution in [1.29, 1.82) is 0 Å². The first-order valence-electron chi connectivity index (χ1n) is 8.91. The molecule has 25 heavy (non-hydrogen) atoms. The Morgan fingerprint density at radius 3 is 2.80 bits per heavy atom. The third-order valence-corrected chi connectivity index (χ3v) is 4.42. The van der Waals surface area contributed by atoms with E-state index in [1.165, 1.54) is 24.8 Å². The van der Waals surface area contributed by atoms with E-state index in [4.69, 9.17) is 11.2 Å². The third-order valence-electron chi connectivity index (χ3n) is 4.42. The van der Waals surface area contributed by atoms with Crippen LogP contribution in [0.25, 0.3) is 0 Å². The number of para-hydroxylation sites is 1. The van der Waals surface area contributed by atoms with E-state index >= 15 is 0 Å². The fraction of sp³-hybridized carbons (Fsp3) is 0.381. The van der Waals surface area contributed by atoms with Crippen LogP contribution in [0.15, 0.2) is 42.6 Å². The molecule has 1 aromatic heterocycles. The lowest BCUT2D eigenvalue weighted by Gasteiger charge is -2.27. The number of piperidine rings is 1. The van der Waals surface area contributed by atoms with Crippen LogP contribution >= 0.6 is 0 Å². The van der Waals surface area contributed by atoms with Gasteiger partial charge in [-0.15, -0.1) is 6.42 Å². The number of aromatic nitrogens is 1. The number of benzene rings is 1. The summed E-state index contributed by atoms with van der Waals surface area (Å²) in [4.78, 5) is 6.92. The lowest BCUT2D eigenvalue weighted by molar-refractivity contribution is 0.365. The number of pyridine rings is 1. The normalized spacial score (nSPS) is 14.1. The molecule has 1 N–H and O–H groups in total. The largest absolute Gasteiger partial charge is 0.481 e. The average Bonchev–Trinajstić information content (AvgIpc) is 2.68. The first-order chi connectivity index (χ1) is 12.4. The van der Waals surface area contributed by atoms with E-state index in [0.717, 1.165) is 43.3 Å². The van der Waals surface area contributed by atoms with Crippen LogP contribution in [0.4, 0.5) is 5.82 Å². The number of nitrogens with one attached hydrogen (secondary N) is 1. The summed E-state index contributed by atoms with van der Waals surface area (Å²) in [7, 11) is 0. The Hall–Kier alpha value is -2.51. The number of terminal acetylenes is 1. The maximum atomic E-state index is 5.59. The molecule has 2 aromatic rings. The molecule has 4 nitrogen and oxygen atoms in total. The molecule has 0 aliphatic carbocycles. The highest BCUT2D eigenvalue weighted by molar-refractivity contribution is 5.41. The Morgan fingerprint density at radius 1 is 1.12 bits per heavy atom. The molecule has 1 aliphatic heterocycles. The molecule has 0 spiro atoms. The highest BCUT2D eigenvalue weighted by Gasteiger charge is 2.12. The van der Waals surface area contributed by atoms with E-state index < -0.39 is 0 Å². The number of anilines is 1. The zero-order valence-electron chi connectivity index (χ0n) is 14.6. The van der Waals surface area contributed by atoms with Crippen molar-refractivity contribution < 1.29 is 4.74 Å². The molecule has 0 atom stereocenters. The van der Waals surface area contributed by atoms with E-state index in [9.17, 15) is 0 Å². The molecule has 0 unspecified atom stereocenters. The third kappa shape index (κ3) is 4.98. The SMILES string of the molecule is C#CCOc1ccccc1CNCc1ccnc(N2CCCCC2)c1. The van der Waals surface area contributed by atoms with Crippen LogP contribution in [-0.4, -0.2) is 24.7 Å². The van der Waals surface area contributed by atoms with Crippen LogP contribution in [0.3, 0.4) is 0 Å². The van der Waals surface area contributed by atoms with Gasteiger partial charge in [-0.25, -0.2) is 4.98 Å². The summed E-state index contributed by atoms with van der Waals surface area (Å²) >= 11 is 0. The van der Waals surface area contributed by atoms with Crippen molar-refractivity contribution in [2.75, 3.05) is 24.6 Å². The molecular formula is C21H25N3O. The van der Waals surface area contributed by atoms with Gasteiger partial charge in [0.05, 0.1) is 0 Å². The maximum absolute atomic E-state index is 5.59. The first-order valence-corrected chi connectivity index (χ1v) is 8.91. The van der Waals surface area contributed by atoms with Gasteiger partial charge in [-0.05, 0) is 43.0 Å². The number of hydrogen-bond donors (Lipinski definition) is 1. The summed E-state index contributed by atoms with van der Waals surface area (Å²) in [6, 6.07) is 12.3. The lowest BCUT2D eigenvalue weighted by atomic mass is 10.1. The molecule has 0 radical (unpaired) electrons. The van der Waals surface area contributed by atoms with Gasteiger partial charge in [-0.3, -0.25) is 0 Å².